The van der Waals surface area contributed by atoms with Gasteiger partial charge in [-0.3, -0.25) is 0 Å². The number of aromatic nitrogens is 2. The molecule has 19 heavy (non-hydrogen) atoms. The van der Waals surface area contributed by atoms with Crippen molar-refractivity contribution in [3.05, 3.63) is 64.0 Å². The summed E-state index contributed by atoms with van der Waals surface area (Å²) in [7, 11) is 0. The van der Waals surface area contributed by atoms with Crippen molar-refractivity contribution in [2.75, 3.05) is 5.32 Å². The summed E-state index contributed by atoms with van der Waals surface area (Å²) in [6.45, 7) is 0.669. The predicted molar refractivity (Wildman–Crippen MR) is 81.7 cm³/mol. The smallest absolute Gasteiger partial charge is 0.137 e. The van der Waals surface area contributed by atoms with Gasteiger partial charge in [-0.15, -0.1) is 0 Å². The zero-order valence-electron chi connectivity index (χ0n) is 9.98. The molecular formula is C14H11BrClN3. The van der Waals surface area contributed by atoms with Crippen molar-refractivity contribution in [2.24, 2.45) is 0 Å². The molecule has 0 fully saturated rings. The lowest BCUT2D eigenvalue weighted by atomic mass is 10.3. The average Bonchev–Trinajstić information content (AvgIpc) is 2.80. The van der Waals surface area contributed by atoms with Crippen LogP contribution in [-0.4, -0.2) is 9.38 Å². The van der Waals surface area contributed by atoms with Gasteiger partial charge in [0.1, 0.15) is 5.65 Å². The second kappa shape index (κ2) is 5.23. The van der Waals surface area contributed by atoms with Gasteiger partial charge in [-0.05, 0) is 46.3 Å². The molecule has 0 spiro atoms. The number of pyridine rings is 1. The SMILES string of the molecule is Clc1ccc(NCc2cn3ccccc3n2)c(Br)c1. The highest BCUT2D eigenvalue weighted by Crippen LogP contribution is 2.26. The molecule has 96 valence electrons. The third-order valence-corrected chi connectivity index (χ3v) is 3.70. The predicted octanol–water partition coefficient (Wildman–Crippen LogP) is 4.36. The Kier molecular flexibility index (Phi) is 3.44. The molecule has 2 heterocycles. The number of rotatable bonds is 3. The molecule has 0 saturated heterocycles. The van der Waals surface area contributed by atoms with Crippen LogP contribution >= 0.6 is 27.5 Å². The summed E-state index contributed by atoms with van der Waals surface area (Å²) in [5.74, 6) is 0. The standard InChI is InChI=1S/C14H11BrClN3/c15-12-7-10(16)4-5-13(12)17-8-11-9-19-6-2-1-3-14(19)18-11/h1-7,9,17H,8H2. The number of fused-ring (bicyclic) bond motifs is 1. The van der Waals surface area contributed by atoms with E-state index in [0.29, 0.717) is 11.6 Å². The van der Waals surface area contributed by atoms with Gasteiger partial charge in [0.25, 0.3) is 0 Å². The lowest BCUT2D eigenvalue weighted by Gasteiger charge is -2.06. The molecule has 0 bridgehead atoms. The highest BCUT2D eigenvalue weighted by atomic mass is 79.9. The molecule has 0 unspecified atom stereocenters. The molecule has 2 aromatic heterocycles. The van der Waals surface area contributed by atoms with Crippen molar-refractivity contribution in [1.29, 1.82) is 0 Å². The third-order valence-electron chi connectivity index (χ3n) is 2.80. The van der Waals surface area contributed by atoms with Crippen molar-refractivity contribution in [3.8, 4) is 0 Å². The van der Waals surface area contributed by atoms with Crippen LogP contribution < -0.4 is 5.32 Å². The maximum atomic E-state index is 5.91. The highest BCUT2D eigenvalue weighted by molar-refractivity contribution is 9.10. The first-order valence-electron chi connectivity index (χ1n) is 5.84. The van der Waals surface area contributed by atoms with Crippen molar-refractivity contribution >= 4 is 38.9 Å². The fourth-order valence-corrected chi connectivity index (χ4v) is 2.71. The van der Waals surface area contributed by atoms with Crippen molar-refractivity contribution in [3.63, 3.8) is 0 Å². The summed E-state index contributed by atoms with van der Waals surface area (Å²) < 4.78 is 2.96. The number of hydrogen-bond donors (Lipinski definition) is 1. The van der Waals surface area contributed by atoms with Gasteiger partial charge in [0.15, 0.2) is 0 Å². The molecule has 1 N–H and O–H groups in total. The van der Waals surface area contributed by atoms with E-state index in [4.69, 9.17) is 11.6 Å². The summed E-state index contributed by atoms with van der Waals surface area (Å²) in [5.41, 5.74) is 2.95. The van der Waals surface area contributed by atoms with E-state index in [1.165, 1.54) is 0 Å². The number of imidazole rings is 1. The van der Waals surface area contributed by atoms with Crippen molar-refractivity contribution in [2.45, 2.75) is 6.54 Å². The number of halogens is 2. The Balaban J connectivity index is 1.78. The van der Waals surface area contributed by atoms with Crippen LogP contribution in [0.4, 0.5) is 5.69 Å². The summed E-state index contributed by atoms with van der Waals surface area (Å²) in [6.07, 6.45) is 4.01. The van der Waals surface area contributed by atoms with Gasteiger partial charge < -0.3 is 9.72 Å². The first-order chi connectivity index (χ1) is 9.22. The molecule has 3 rings (SSSR count). The van der Waals surface area contributed by atoms with Crippen LogP contribution in [0.1, 0.15) is 5.69 Å². The van der Waals surface area contributed by atoms with Gasteiger partial charge in [0.05, 0.1) is 12.2 Å². The molecule has 3 aromatic rings. The van der Waals surface area contributed by atoms with E-state index < -0.39 is 0 Å². The van der Waals surface area contributed by atoms with Crippen LogP contribution in [-0.2, 0) is 6.54 Å². The molecule has 0 amide bonds. The van der Waals surface area contributed by atoms with E-state index in [2.05, 4.69) is 26.2 Å². The second-order valence-corrected chi connectivity index (χ2v) is 5.47. The van der Waals surface area contributed by atoms with E-state index >= 15 is 0 Å². The number of benzene rings is 1. The largest absolute Gasteiger partial charge is 0.378 e. The van der Waals surface area contributed by atoms with Crippen LogP contribution in [0, 0.1) is 0 Å². The molecule has 5 heteroatoms. The van der Waals surface area contributed by atoms with Crippen LogP contribution in [0.2, 0.25) is 5.02 Å². The Morgan fingerprint density at radius 1 is 1.26 bits per heavy atom. The van der Waals surface area contributed by atoms with Crippen molar-refractivity contribution in [1.82, 2.24) is 9.38 Å². The minimum Gasteiger partial charge on any atom is -0.378 e. The van der Waals surface area contributed by atoms with E-state index in [-0.39, 0.29) is 0 Å². The Hall–Kier alpha value is -1.52. The zero-order chi connectivity index (χ0) is 13.2. The first-order valence-corrected chi connectivity index (χ1v) is 7.01. The van der Waals surface area contributed by atoms with Crippen LogP contribution in [0.15, 0.2) is 53.3 Å². The van der Waals surface area contributed by atoms with Gasteiger partial charge in [-0.25, -0.2) is 4.98 Å². The molecular weight excluding hydrogens is 326 g/mol. The minimum atomic E-state index is 0.669. The quantitative estimate of drug-likeness (QED) is 0.770. The lowest BCUT2D eigenvalue weighted by molar-refractivity contribution is 1.08. The van der Waals surface area contributed by atoms with Crippen LogP contribution in [0.5, 0.6) is 0 Å². The Morgan fingerprint density at radius 3 is 2.95 bits per heavy atom. The van der Waals surface area contributed by atoms with Gasteiger partial charge in [0.2, 0.25) is 0 Å². The molecule has 1 aromatic carbocycles. The van der Waals surface area contributed by atoms with E-state index in [0.717, 1.165) is 21.5 Å². The fraction of sp³-hybridized carbons (Fsp3) is 0.0714. The summed E-state index contributed by atoms with van der Waals surface area (Å²) in [5, 5.41) is 4.05. The third kappa shape index (κ3) is 2.74. The Labute approximate surface area is 124 Å². The molecule has 0 atom stereocenters. The number of nitrogens with one attached hydrogen (secondary N) is 1. The van der Waals surface area contributed by atoms with E-state index in [1.807, 2.05) is 53.2 Å². The van der Waals surface area contributed by atoms with E-state index in [9.17, 15) is 0 Å². The molecule has 0 aliphatic rings. The number of nitrogens with zero attached hydrogens (tertiary/aromatic N) is 2. The summed E-state index contributed by atoms with van der Waals surface area (Å²) in [6, 6.07) is 11.6. The van der Waals surface area contributed by atoms with Gasteiger partial charge in [0, 0.05) is 27.6 Å². The number of anilines is 1. The van der Waals surface area contributed by atoms with Gasteiger partial charge in [-0.1, -0.05) is 17.7 Å². The highest BCUT2D eigenvalue weighted by Gasteiger charge is 2.03. The van der Waals surface area contributed by atoms with Gasteiger partial charge in [-0.2, -0.15) is 0 Å². The summed E-state index contributed by atoms with van der Waals surface area (Å²) in [4.78, 5) is 4.53. The van der Waals surface area contributed by atoms with E-state index in [1.54, 1.807) is 0 Å². The minimum absolute atomic E-state index is 0.669. The summed E-state index contributed by atoms with van der Waals surface area (Å²) >= 11 is 9.40. The molecule has 3 nitrogen and oxygen atoms in total. The fourth-order valence-electron chi connectivity index (χ4n) is 1.89. The number of hydrogen-bond acceptors (Lipinski definition) is 2. The Morgan fingerprint density at radius 2 is 2.16 bits per heavy atom. The van der Waals surface area contributed by atoms with Crippen molar-refractivity contribution < 1.29 is 0 Å². The van der Waals surface area contributed by atoms with Crippen LogP contribution in [0.3, 0.4) is 0 Å². The lowest BCUT2D eigenvalue weighted by Crippen LogP contribution is -2.00. The average molecular weight is 337 g/mol. The Bertz CT molecular complexity index is 691. The topological polar surface area (TPSA) is 29.3 Å². The second-order valence-electron chi connectivity index (χ2n) is 4.18. The maximum absolute atomic E-state index is 5.91. The monoisotopic (exact) mass is 335 g/mol. The van der Waals surface area contributed by atoms with Gasteiger partial charge >= 0.3 is 0 Å². The zero-order valence-corrected chi connectivity index (χ0v) is 12.3. The molecule has 0 aliphatic carbocycles. The maximum Gasteiger partial charge on any atom is 0.137 e. The first kappa shape index (κ1) is 12.5. The molecule has 0 saturated carbocycles. The normalized spacial score (nSPS) is 10.8. The molecule has 0 radical (unpaired) electrons. The molecule has 0 aliphatic heterocycles. The van der Waals surface area contributed by atoms with Crippen LogP contribution in [0.25, 0.3) is 5.65 Å².